The van der Waals surface area contributed by atoms with Gasteiger partial charge in [-0.3, -0.25) is 4.79 Å². The molecule has 0 unspecified atom stereocenters. The number of halogens is 1. The highest BCUT2D eigenvalue weighted by molar-refractivity contribution is 9.10. The highest BCUT2D eigenvalue weighted by atomic mass is 79.9. The SMILES string of the molecule is O=C(N/N=C\C1CCCCC1)c1ccccc1Br. The Kier molecular flexibility index (Phi) is 4.93. The molecular formula is C14H17BrN2O. The lowest BCUT2D eigenvalue weighted by molar-refractivity contribution is 0.0954. The van der Waals surface area contributed by atoms with Crippen LogP contribution in [0.5, 0.6) is 0 Å². The first-order valence-electron chi connectivity index (χ1n) is 6.35. The Balaban J connectivity index is 1.88. The van der Waals surface area contributed by atoms with Crippen molar-refractivity contribution in [1.82, 2.24) is 5.43 Å². The molecule has 0 saturated heterocycles. The average Bonchev–Trinajstić information content (AvgIpc) is 2.40. The van der Waals surface area contributed by atoms with E-state index in [-0.39, 0.29) is 5.91 Å². The summed E-state index contributed by atoms with van der Waals surface area (Å²) in [4.78, 5) is 11.9. The lowest BCUT2D eigenvalue weighted by Gasteiger charge is -2.16. The van der Waals surface area contributed by atoms with E-state index in [1.807, 2.05) is 24.4 Å². The second kappa shape index (κ2) is 6.69. The summed E-state index contributed by atoms with van der Waals surface area (Å²) in [6.07, 6.45) is 8.13. The third-order valence-corrected chi connectivity index (χ3v) is 3.91. The molecule has 4 heteroatoms. The first-order valence-corrected chi connectivity index (χ1v) is 7.15. The van der Waals surface area contributed by atoms with Crippen molar-refractivity contribution in [3.05, 3.63) is 34.3 Å². The van der Waals surface area contributed by atoms with Gasteiger partial charge in [0, 0.05) is 10.7 Å². The molecule has 0 aliphatic heterocycles. The van der Waals surface area contributed by atoms with Gasteiger partial charge in [-0.05, 0) is 46.8 Å². The molecule has 1 N–H and O–H groups in total. The molecule has 1 fully saturated rings. The standard InChI is InChI=1S/C14H17BrN2O/c15-13-9-5-4-8-12(13)14(18)17-16-10-11-6-2-1-3-7-11/h4-5,8-11H,1-3,6-7H2,(H,17,18)/b16-10-. The first-order chi connectivity index (χ1) is 8.77. The molecule has 18 heavy (non-hydrogen) atoms. The van der Waals surface area contributed by atoms with Crippen LogP contribution in [-0.2, 0) is 0 Å². The maximum atomic E-state index is 11.9. The third-order valence-electron chi connectivity index (χ3n) is 3.22. The van der Waals surface area contributed by atoms with E-state index in [4.69, 9.17) is 0 Å². The molecule has 1 amide bonds. The van der Waals surface area contributed by atoms with E-state index in [1.165, 1.54) is 32.1 Å². The predicted octanol–water partition coefficient (Wildman–Crippen LogP) is 3.75. The van der Waals surface area contributed by atoms with Crippen molar-refractivity contribution >= 4 is 28.1 Å². The topological polar surface area (TPSA) is 41.5 Å². The second-order valence-electron chi connectivity index (χ2n) is 4.60. The maximum absolute atomic E-state index is 11.9. The molecule has 0 aromatic heterocycles. The van der Waals surface area contributed by atoms with Gasteiger partial charge in [0.1, 0.15) is 0 Å². The summed E-state index contributed by atoms with van der Waals surface area (Å²) in [7, 11) is 0. The fourth-order valence-corrected chi connectivity index (χ4v) is 2.65. The normalized spacial score (nSPS) is 16.9. The van der Waals surface area contributed by atoms with Crippen molar-refractivity contribution in [3.8, 4) is 0 Å². The number of carbonyl (C=O) groups is 1. The molecule has 0 spiro atoms. The monoisotopic (exact) mass is 308 g/mol. The third kappa shape index (κ3) is 3.67. The zero-order chi connectivity index (χ0) is 12.8. The van der Waals surface area contributed by atoms with E-state index in [1.54, 1.807) is 6.07 Å². The quantitative estimate of drug-likeness (QED) is 0.670. The van der Waals surface area contributed by atoms with Crippen LogP contribution in [0.3, 0.4) is 0 Å². The van der Waals surface area contributed by atoms with Crippen molar-refractivity contribution in [2.75, 3.05) is 0 Å². The van der Waals surface area contributed by atoms with Gasteiger partial charge < -0.3 is 0 Å². The van der Waals surface area contributed by atoms with Crippen LogP contribution >= 0.6 is 15.9 Å². The number of amides is 1. The van der Waals surface area contributed by atoms with Crippen molar-refractivity contribution in [2.45, 2.75) is 32.1 Å². The molecular weight excluding hydrogens is 292 g/mol. The van der Waals surface area contributed by atoms with Crippen LogP contribution in [0, 0.1) is 5.92 Å². The fraction of sp³-hybridized carbons (Fsp3) is 0.429. The largest absolute Gasteiger partial charge is 0.272 e. The number of nitrogens with one attached hydrogen (secondary N) is 1. The fourth-order valence-electron chi connectivity index (χ4n) is 2.19. The van der Waals surface area contributed by atoms with Crippen LogP contribution in [0.1, 0.15) is 42.5 Å². The number of nitrogens with zero attached hydrogens (tertiary/aromatic N) is 1. The van der Waals surface area contributed by atoms with E-state index >= 15 is 0 Å². The minimum absolute atomic E-state index is 0.172. The van der Waals surface area contributed by atoms with Crippen LogP contribution in [-0.4, -0.2) is 12.1 Å². The van der Waals surface area contributed by atoms with E-state index < -0.39 is 0 Å². The van der Waals surface area contributed by atoms with Gasteiger partial charge in [0.25, 0.3) is 5.91 Å². The number of benzene rings is 1. The van der Waals surface area contributed by atoms with Crippen molar-refractivity contribution < 1.29 is 4.79 Å². The Bertz CT molecular complexity index is 439. The number of hydrazone groups is 1. The summed E-state index contributed by atoms with van der Waals surface area (Å²) in [5.41, 5.74) is 3.20. The molecule has 1 aliphatic rings. The van der Waals surface area contributed by atoms with Crippen LogP contribution in [0.2, 0.25) is 0 Å². The minimum atomic E-state index is -0.172. The van der Waals surface area contributed by atoms with Crippen molar-refractivity contribution in [2.24, 2.45) is 11.0 Å². The summed E-state index contributed by atoms with van der Waals surface area (Å²) < 4.78 is 0.787. The average molecular weight is 309 g/mol. The molecule has 1 aromatic carbocycles. The molecule has 1 saturated carbocycles. The number of hydrogen-bond donors (Lipinski definition) is 1. The van der Waals surface area contributed by atoms with Gasteiger partial charge in [0.2, 0.25) is 0 Å². The van der Waals surface area contributed by atoms with Gasteiger partial charge in [-0.2, -0.15) is 5.10 Å². The van der Waals surface area contributed by atoms with Gasteiger partial charge in [0.05, 0.1) is 5.56 Å². The summed E-state index contributed by atoms with van der Waals surface area (Å²) >= 11 is 3.35. The Morgan fingerprint density at radius 3 is 2.72 bits per heavy atom. The molecule has 3 nitrogen and oxygen atoms in total. The molecule has 1 aliphatic carbocycles. The molecule has 96 valence electrons. The molecule has 0 radical (unpaired) electrons. The van der Waals surface area contributed by atoms with Gasteiger partial charge >= 0.3 is 0 Å². The highest BCUT2D eigenvalue weighted by Gasteiger charge is 2.11. The lowest BCUT2D eigenvalue weighted by Crippen LogP contribution is -2.19. The Hall–Kier alpha value is -1.16. The van der Waals surface area contributed by atoms with Crippen LogP contribution in [0.15, 0.2) is 33.8 Å². The Labute approximate surface area is 116 Å². The summed E-state index contributed by atoms with van der Waals surface area (Å²) in [6.45, 7) is 0. The number of rotatable bonds is 3. The molecule has 1 aromatic rings. The van der Waals surface area contributed by atoms with Crippen LogP contribution in [0.4, 0.5) is 0 Å². The van der Waals surface area contributed by atoms with Crippen molar-refractivity contribution in [3.63, 3.8) is 0 Å². The lowest BCUT2D eigenvalue weighted by atomic mass is 9.90. The zero-order valence-electron chi connectivity index (χ0n) is 10.2. The Morgan fingerprint density at radius 2 is 2.00 bits per heavy atom. The van der Waals surface area contributed by atoms with E-state index in [2.05, 4.69) is 26.5 Å². The van der Waals surface area contributed by atoms with Crippen LogP contribution in [0.25, 0.3) is 0 Å². The minimum Gasteiger partial charge on any atom is -0.267 e. The molecule has 2 rings (SSSR count). The van der Waals surface area contributed by atoms with E-state index in [0.29, 0.717) is 11.5 Å². The van der Waals surface area contributed by atoms with Gasteiger partial charge in [-0.25, -0.2) is 5.43 Å². The van der Waals surface area contributed by atoms with Crippen LogP contribution < -0.4 is 5.43 Å². The number of hydrogen-bond acceptors (Lipinski definition) is 2. The van der Waals surface area contributed by atoms with E-state index in [9.17, 15) is 4.79 Å². The molecule has 0 atom stereocenters. The molecule has 0 bridgehead atoms. The summed E-state index contributed by atoms with van der Waals surface area (Å²) in [5, 5.41) is 4.07. The summed E-state index contributed by atoms with van der Waals surface area (Å²) in [5.74, 6) is 0.354. The number of carbonyl (C=O) groups excluding carboxylic acids is 1. The zero-order valence-corrected chi connectivity index (χ0v) is 11.8. The second-order valence-corrected chi connectivity index (χ2v) is 5.45. The van der Waals surface area contributed by atoms with Gasteiger partial charge in [-0.1, -0.05) is 31.4 Å². The highest BCUT2D eigenvalue weighted by Crippen LogP contribution is 2.21. The van der Waals surface area contributed by atoms with Gasteiger partial charge in [-0.15, -0.1) is 0 Å². The summed E-state index contributed by atoms with van der Waals surface area (Å²) in [6, 6.07) is 7.34. The van der Waals surface area contributed by atoms with Gasteiger partial charge in [0.15, 0.2) is 0 Å². The maximum Gasteiger partial charge on any atom is 0.272 e. The predicted molar refractivity (Wildman–Crippen MR) is 76.7 cm³/mol. The first kappa shape index (κ1) is 13.3. The van der Waals surface area contributed by atoms with Crippen molar-refractivity contribution in [1.29, 1.82) is 0 Å². The smallest absolute Gasteiger partial charge is 0.267 e. The van der Waals surface area contributed by atoms with E-state index in [0.717, 1.165) is 4.47 Å². The molecule has 0 heterocycles. The Morgan fingerprint density at radius 1 is 1.28 bits per heavy atom.